The average Bonchev–Trinajstić information content (AvgIpc) is 3.56. The second-order valence-electron chi connectivity index (χ2n) is 11.1. The third-order valence-electron chi connectivity index (χ3n) is 9.54. The first-order valence-corrected chi connectivity index (χ1v) is 13.2. The van der Waals surface area contributed by atoms with Gasteiger partial charge in [-0.25, -0.2) is 0 Å². The van der Waals surface area contributed by atoms with Gasteiger partial charge in [-0.05, 0) is 12.1 Å². The maximum atomic E-state index is 10.5. The van der Waals surface area contributed by atoms with Crippen molar-refractivity contribution < 1.29 is 38.9 Å². The number of rotatable bonds is 10. The van der Waals surface area contributed by atoms with Crippen molar-refractivity contribution in [2.24, 2.45) is 11.8 Å². The van der Waals surface area contributed by atoms with Crippen molar-refractivity contribution in [2.75, 3.05) is 65.7 Å². The lowest BCUT2D eigenvalue weighted by atomic mass is 9.97. The van der Waals surface area contributed by atoms with E-state index in [2.05, 4.69) is 0 Å². The molecule has 0 bridgehead atoms. The normalized spacial score (nSPS) is 40.9. The van der Waals surface area contributed by atoms with Gasteiger partial charge in [0, 0.05) is 43.6 Å². The van der Waals surface area contributed by atoms with E-state index in [1.165, 1.54) is 0 Å². The molecule has 0 amide bonds. The molecule has 4 aliphatic heterocycles. The van der Waals surface area contributed by atoms with Gasteiger partial charge < -0.3 is 38.9 Å². The van der Waals surface area contributed by atoms with Crippen molar-refractivity contribution in [2.45, 2.75) is 50.0 Å². The fourth-order valence-corrected chi connectivity index (χ4v) is 7.87. The van der Waals surface area contributed by atoms with Gasteiger partial charge in [0.2, 0.25) is 0 Å². The Kier molecular flexibility index (Phi) is 7.08. The highest BCUT2D eigenvalue weighted by Crippen LogP contribution is 2.41. The van der Waals surface area contributed by atoms with E-state index >= 15 is 0 Å². The standard InChI is InChI=1S/C26H42N2O6/c29-17-19-4-8-27(10-6-23(31)25(19)27)12-14-33-21-2-1-3-22(16-21)34-15-13-28-9-5-20(18-30)26(28)24(32)7-11-28/h1-3,16,19-20,23-26,29-32H,4-15,17-18H2/q+2/t19-,20-,23-,24-,25-,26-,27?,28?/m1/s1. The average molecular weight is 479 g/mol. The van der Waals surface area contributed by atoms with Gasteiger partial charge in [0.1, 0.15) is 62.1 Å². The van der Waals surface area contributed by atoms with Crippen molar-refractivity contribution in [3.63, 3.8) is 0 Å². The minimum Gasteiger partial charge on any atom is -0.488 e. The van der Waals surface area contributed by atoms with E-state index in [9.17, 15) is 20.4 Å². The number of hydrogen-bond acceptors (Lipinski definition) is 6. The van der Waals surface area contributed by atoms with Crippen LogP contribution in [0.3, 0.4) is 0 Å². The molecule has 0 radical (unpaired) electrons. The van der Waals surface area contributed by atoms with Gasteiger partial charge in [0.15, 0.2) is 0 Å². The second-order valence-corrected chi connectivity index (χ2v) is 11.1. The Hall–Kier alpha value is -1.42. The lowest BCUT2D eigenvalue weighted by Gasteiger charge is -2.36. The van der Waals surface area contributed by atoms with Gasteiger partial charge in [0.05, 0.1) is 39.4 Å². The van der Waals surface area contributed by atoms with Crippen LogP contribution in [0, 0.1) is 11.8 Å². The van der Waals surface area contributed by atoms with Crippen LogP contribution in [-0.4, -0.2) is 119 Å². The summed E-state index contributed by atoms with van der Waals surface area (Å²) in [4.78, 5) is 0. The summed E-state index contributed by atoms with van der Waals surface area (Å²) in [6, 6.07) is 8.06. The van der Waals surface area contributed by atoms with Crippen LogP contribution in [0.5, 0.6) is 11.5 Å². The van der Waals surface area contributed by atoms with E-state index in [4.69, 9.17) is 9.47 Å². The minimum absolute atomic E-state index is 0.139. The first-order chi connectivity index (χ1) is 16.5. The monoisotopic (exact) mass is 478 g/mol. The van der Waals surface area contributed by atoms with Crippen molar-refractivity contribution in [3.8, 4) is 11.5 Å². The zero-order valence-electron chi connectivity index (χ0n) is 20.2. The number of fused-ring (bicyclic) bond motifs is 2. The fourth-order valence-electron chi connectivity index (χ4n) is 7.87. The molecular weight excluding hydrogens is 436 g/mol. The lowest BCUT2D eigenvalue weighted by molar-refractivity contribution is -0.930. The molecule has 0 saturated carbocycles. The van der Waals surface area contributed by atoms with Crippen LogP contribution in [0.4, 0.5) is 0 Å². The van der Waals surface area contributed by atoms with E-state index in [1.54, 1.807) is 0 Å². The molecule has 0 spiro atoms. The van der Waals surface area contributed by atoms with Crippen LogP contribution in [0.15, 0.2) is 24.3 Å². The van der Waals surface area contributed by atoms with Crippen LogP contribution in [-0.2, 0) is 0 Å². The first-order valence-electron chi connectivity index (χ1n) is 13.2. The molecule has 5 rings (SSSR count). The number of hydrogen-bond donors (Lipinski definition) is 4. The highest BCUT2D eigenvalue weighted by molar-refractivity contribution is 5.32. The molecule has 8 nitrogen and oxygen atoms in total. The van der Waals surface area contributed by atoms with Gasteiger partial charge in [0.25, 0.3) is 0 Å². The number of aliphatic hydroxyl groups excluding tert-OH is 4. The zero-order chi connectivity index (χ0) is 23.8. The summed E-state index contributed by atoms with van der Waals surface area (Å²) in [5.41, 5.74) is 0. The number of aliphatic hydroxyl groups is 4. The van der Waals surface area contributed by atoms with E-state index in [-0.39, 0.29) is 49.3 Å². The molecule has 4 saturated heterocycles. The predicted octanol–water partition coefficient (Wildman–Crippen LogP) is 0.369. The molecule has 4 aliphatic rings. The lowest BCUT2D eigenvalue weighted by Crippen LogP contribution is -2.53. The molecule has 0 aliphatic carbocycles. The van der Waals surface area contributed by atoms with Crippen molar-refractivity contribution in [1.82, 2.24) is 0 Å². The third kappa shape index (κ3) is 4.33. The molecular formula is C26H42N2O6+2. The largest absolute Gasteiger partial charge is 0.488 e. The Balaban J connectivity index is 1.13. The second kappa shape index (κ2) is 9.91. The van der Waals surface area contributed by atoms with Crippen LogP contribution in [0.25, 0.3) is 0 Å². The highest BCUT2D eigenvalue weighted by atomic mass is 16.5. The highest BCUT2D eigenvalue weighted by Gasteiger charge is 2.56. The molecule has 34 heavy (non-hydrogen) atoms. The summed E-state index contributed by atoms with van der Waals surface area (Å²) < 4.78 is 13.9. The maximum Gasteiger partial charge on any atom is 0.137 e. The number of benzene rings is 1. The van der Waals surface area contributed by atoms with Gasteiger partial charge in [-0.2, -0.15) is 0 Å². The van der Waals surface area contributed by atoms with Crippen molar-refractivity contribution in [1.29, 1.82) is 0 Å². The predicted molar refractivity (Wildman–Crippen MR) is 126 cm³/mol. The molecule has 8 heteroatoms. The molecule has 190 valence electrons. The van der Waals surface area contributed by atoms with Gasteiger partial charge in [-0.1, -0.05) is 6.07 Å². The first kappa shape index (κ1) is 24.3. The number of quaternary nitrogens is 2. The topological polar surface area (TPSA) is 99.4 Å². The molecule has 0 aromatic heterocycles. The molecule has 4 heterocycles. The van der Waals surface area contributed by atoms with E-state index < -0.39 is 0 Å². The molecule has 2 unspecified atom stereocenters. The van der Waals surface area contributed by atoms with Crippen LogP contribution >= 0.6 is 0 Å². The van der Waals surface area contributed by atoms with E-state index in [1.807, 2.05) is 24.3 Å². The van der Waals surface area contributed by atoms with Crippen molar-refractivity contribution >= 4 is 0 Å². The summed E-state index contributed by atoms with van der Waals surface area (Å²) in [7, 11) is 0. The van der Waals surface area contributed by atoms with E-state index in [0.717, 1.165) is 85.4 Å². The Morgan fingerprint density at radius 3 is 1.59 bits per heavy atom. The number of nitrogens with zero attached hydrogens (tertiary/aromatic N) is 2. The summed E-state index contributed by atoms with van der Waals surface area (Å²) in [6.07, 6.45) is 2.92. The third-order valence-corrected chi connectivity index (χ3v) is 9.54. The van der Waals surface area contributed by atoms with Gasteiger partial charge >= 0.3 is 0 Å². The molecule has 8 atom stereocenters. The van der Waals surface area contributed by atoms with E-state index in [0.29, 0.717) is 13.2 Å². The van der Waals surface area contributed by atoms with Crippen LogP contribution in [0.1, 0.15) is 25.7 Å². The minimum atomic E-state index is -0.317. The maximum absolute atomic E-state index is 10.5. The molecule has 4 fully saturated rings. The summed E-state index contributed by atoms with van der Waals surface area (Å²) >= 11 is 0. The van der Waals surface area contributed by atoms with Crippen LogP contribution in [0.2, 0.25) is 0 Å². The smallest absolute Gasteiger partial charge is 0.137 e. The van der Waals surface area contributed by atoms with Crippen LogP contribution < -0.4 is 9.47 Å². The fraction of sp³-hybridized carbons (Fsp3) is 0.769. The Morgan fingerprint density at radius 2 is 1.15 bits per heavy atom. The Labute approximate surface area is 202 Å². The Bertz CT molecular complexity index is 778. The molecule has 1 aromatic carbocycles. The zero-order valence-corrected chi connectivity index (χ0v) is 20.2. The number of ether oxygens (including phenoxy) is 2. The quantitative estimate of drug-likeness (QED) is 0.363. The molecule has 1 aromatic rings. The van der Waals surface area contributed by atoms with Crippen molar-refractivity contribution in [3.05, 3.63) is 24.3 Å². The Morgan fingerprint density at radius 1 is 0.706 bits per heavy atom. The van der Waals surface area contributed by atoms with Gasteiger partial charge in [-0.15, -0.1) is 0 Å². The van der Waals surface area contributed by atoms with Gasteiger partial charge in [-0.3, -0.25) is 0 Å². The summed E-state index contributed by atoms with van der Waals surface area (Å²) in [5, 5.41) is 40.4. The SMILES string of the molecule is OC[C@H]1CC[N+]2(CCOc3cccc(OCC[N+]45CC[C@H](CO)[C@@H]4[C@H](O)CC5)c3)CC[C@@H](O)[C@@H]12. The molecule has 4 N–H and O–H groups in total. The summed E-state index contributed by atoms with van der Waals surface area (Å²) in [5.74, 6) is 1.96. The summed E-state index contributed by atoms with van der Waals surface area (Å²) in [6.45, 7) is 7.09.